The van der Waals surface area contributed by atoms with Gasteiger partial charge in [0.1, 0.15) is 0 Å². The summed E-state index contributed by atoms with van der Waals surface area (Å²) in [6.07, 6.45) is 1.12. The van der Waals surface area contributed by atoms with Crippen molar-refractivity contribution in [3.8, 4) is 11.5 Å². The van der Waals surface area contributed by atoms with E-state index in [1.165, 1.54) is 0 Å². The number of nitrogen functional groups attached to an aromatic ring is 1. The molecule has 1 aromatic rings. The van der Waals surface area contributed by atoms with Gasteiger partial charge in [0, 0.05) is 6.42 Å². The molecular formula is C12H17NO3. The first-order chi connectivity index (χ1) is 7.69. The number of carbonyl (C=O) groups is 1. The summed E-state index contributed by atoms with van der Waals surface area (Å²) >= 11 is 0. The number of rotatable bonds is 5. The Balaban J connectivity index is 2.87. The number of hydrogen-bond donors (Lipinski definition) is 1. The van der Waals surface area contributed by atoms with Crippen molar-refractivity contribution in [3.05, 3.63) is 18.2 Å². The highest BCUT2D eigenvalue weighted by Gasteiger charge is 2.12. The number of nitrogens with two attached hydrogens (primary N) is 1. The lowest BCUT2D eigenvalue weighted by Crippen LogP contribution is -2.10. The number of anilines is 1. The zero-order valence-electron chi connectivity index (χ0n) is 9.66. The summed E-state index contributed by atoms with van der Waals surface area (Å²) in [7, 11) is 0. The van der Waals surface area contributed by atoms with Crippen LogP contribution in [0.25, 0.3) is 0 Å². The molecule has 2 N–H and O–H groups in total. The van der Waals surface area contributed by atoms with E-state index in [4.69, 9.17) is 15.2 Å². The maximum Gasteiger partial charge on any atom is 0.311 e. The molecule has 0 bridgehead atoms. The van der Waals surface area contributed by atoms with Crippen LogP contribution < -0.4 is 15.2 Å². The van der Waals surface area contributed by atoms with Gasteiger partial charge in [-0.05, 0) is 25.5 Å². The molecular weight excluding hydrogens is 206 g/mol. The lowest BCUT2D eigenvalue weighted by atomic mass is 10.2. The number of para-hydroxylation sites is 1. The summed E-state index contributed by atoms with van der Waals surface area (Å²) in [5.74, 6) is 0.538. The Bertz CT molecular complexity index is 363. The summed E-state index contributed by atoms with van der Waals surface area (Å²) in [4.78, 5) is 11.4. The molecule has 4 nitrogen and oxygen atoms in total. The zero-order valence-corrected chi connectivity index (χ0v) is 9.66. The molecule has 0 fully saturated rings. The minimum Gasteiger partial charge on any atom is -0.490 e. The third-order valence-corrected chi connectivity index (χ3v) is 1.98. The predicted octanol–water partition coefficient (Wildman–Crippen LogP) is 2.37. The molecule has 0 aliphatic heterocycles. The summed E-state index contributed by atoms with van der Waals surface area (Å²) in [5.41, 5.74) is 6.15. The SMILES string of the molecule is CCCC(=O)Oc1c(N)cccc1OCC. The lowest BCUT2D eigenvalue weighted by molar-refractivity contribution is -0.134. The normalized spacial score (nSPS) is 9.88. The second-order valence-corrected chi connectivity index (χ2v) is 3.33. The number of esters is 1. The molecule has 0 saturated heterocycles. The molecule has 0 amide bonds. The van der Waals surface area contributed by atoms with Gasteiger partial charge < -0.3 is 15.2 Å². The highest BCUT2D eigenvalue weighted by molar-refractivity contribution is 5.76. The molecule has 1 aromatic carbocycles. The molecule has 88 valence electrons. The van der Waals surface area contributed by atoms with Crippen LogP contribution in [0.15, 0.2) is 18.2 Å². The molecule has 0 aliphatic carbocycles. The Morgan fingerprint density at radius 2 is 2.12 bits per heavy atom. The van der Waals surface area contributed by atoms with Crippen LogP contribution >= 0.6 is 0 Å². The monoisotopic (exact) mass is 223 g/mol. The Morgan fingerprint density at radius 3 is 2.75 bits per heavy atom. The number of hydrogen-bond acceptors (Lipinski definition) is 4. The van der Waals surface area contributed by atoms with Gasteiger partial charge >= 0.3 is 5.97 Å². The first kappa shape index (κ1) is 12.4. The first-order valence-electron chi connectivity index (χ1n) is 5.41. The van der Waals surface area contributed by atoms with Crippen molar-refractivity contribution < 1.29 is 14.3 Å². The van der Waals surface area contributed by atoms with Crippen molar-refractivity contribution in [2.45, 2.75) is 26.7 Å². The van der Waals surface area contributed by atoms with E-state index in [2.05, 4.69) is 0 Å². The quantitative estimate of drug-likeness (QED) is 0.473. The van der Waals surface area contributed by atoms with E-state index < -0.39 is 0 Å². The fourth-order valence-corrected chi connectivity index (χ4v) is 1.28. The first-order valence-corrected chi connectivity index (χ1v) is 5.41. The molecule has 0 spiro atoms. The maximum atomic E-state index is 11.4. The Morgan fingerprint density at radius 1 is 1.38 bits per heavy atom. The minimum absolute atomic E-state index is 0.290. The van der Waals surface area contributed by atoms with Crippen molar-refractivity contribution in [3.63, 3.8) is 0 Å². The van der Waals surface area contributed by atoms with Crippen molar-refractivity contribution in [1.82, 2.24) is 0 Å². The van der Waals surface area contributed by atoms with Gasteiger partial charge in [0.25, 0.3) is 0 Å². The summed E-state index contributed by atoms with van der Waals surface area (Å²) in [6, 6.07) is 5.17. The molecule has 0 radical (unpaired) electrons. The molecule has 16 heavy (non-hydrogen) atoms. The summed E-state index contributed by atoms with van der Waals surface area (Å²) in [6.45, 7) is 4.28. The van der Waals surface area contributed by atoms with Crippen LogP contribution in [0.4, 0.5) is 5.69 Å². The third kappa shape index (κ3) is 3.15. The van der Waals surface area contributed by atoms with Crippen molar-refractivity contribution in [1.29, 1.82) is 0 Å². The molecule has 0 saturated carbocycles. The topological polar surface area (TPSA) is 61.5 Å². The Labute approximate surface area is 95.3 Å². The molecule has 0 aromatic heterocycles. The van der Waals surface area contributed by atoms with E-state index in [0.717, 1.165) is 6.42 Å². The van der Waals surface area contributed by atoms with Crippen molar-refractivity contribution in [2.75, 3.05) is 12.3 Å². The fourth-order valence-electron chi connectivity index (χ4n) is 1.28. The number of carbonyl (C=O) groups excluding carboxylic acids is 1. The molecule has 1 rings (SSSR count). The second kappa shape index (κ2) is 6.00. The van der Waals surface area contributed by atoms with Crippen molar-refractivity contribution in [2.24, 2.45) is 0 Å². The highest BCUT2D eigenvalue weighted by Crippen LogP contribution is 2.33. The lowest BCUT2D eigenvalue weighted by Gasteiger charge is -2.12. The molecule has 4 heteroatoms. The van der Waals surface area contributed by atoms with E-state index in [0.29, 0.717) is 30.2 Å². The van der Waals surface area contributed by atoms with Gasteiger partial charge in [-0.25, -0.2) is 0 Å². The van der Waals surface area contributed by atoms with E-state index in [9.17, 15) is 4.79 Å². The van der Waals surface area contributed by atoms with E-state index in [1.54, 1.807) is 18.2 Å². The number of benzene rings is 1. The standard InChI is InChI=1S/C12H17NO3/c1-3-6-11(14)16-12-9(13)7-5-8-10(12)15-4-2/h5,7-8H,3-4,6,13H2,1-2H3. The largest absolute Gasteiger partial charge is 0.490 e. The maximum absolute atomic E-state index is 11.4. The molecule has 0 atom stereocenters. The smallest absolute Gasteiger partial charge is 0.311 e. The fraction of sp³-hybridized carbons (Fsp3) is 0.417. The van der Waals surface area contributed by atoms with Crippen LogP contribution in [0.2, 0.25) is 0 Å². The van der Waals surface area contributed by atoms with Gasteiger partial charge in [0.05, 0.1) is 12.3 Å². The molecule has 0 aliphatic rings. The van der Waals surface area contributed by atoms with Gasteiger partial charge in [-0.2, -0.15) is 0 Å². The molecule has 0 unspecified atom stereocenters. The predicted molar refractivity (Wildman–Crippen MR) is 62.6 cm³/mol. The van der Waals surface area contributed by atoms with Gasteiger partial charge in [0.2, 0.25) is 0 Å². The van der Waals surface area contributed by atoms with Crippen LogP contribution in [-0.4, -0.2) is 12.6 Å². The number of ether oxygens (including phenoxy) is 2. The van der Waals surface area contributed by atoms with Crippen LogP contribution in [0.1, 0.15) is 26.7 Å². The van der Waals surface area contributed by atoms with Crippen LogP contribution in [-0.2, 0) is 4.79 Å². The van der Waals surface area contributed by atoms with E-state index in [-0.39, 0.29) is 5.97 Å². The van der Waals surface area contributed by atoms with Crippen LogP contribution in [0, 0.1) is 0 Å². The average molecular weight is 223 g/mol. The Hall–Kier alpha value is -1.71. The second-order valence-electron chi connectivity index (χ2n) is 3.33. The van der Waals surface area contributed by atoms with Gasteiger partial charge in [0.15, 0.2) is 11.5 Å². The highest BCUT2D eigenvalue weighted by atomic mass is 16.6. The minimum atomic E-state index is -0.290. The zero-order chi connectivity index (χ0) is 12.0. The summed E-state index contributed by atoms with van der Waals surface area (Å²) < 4.78 is 10.5. The van der Waals surface area contributed by atoms with Crippen LogP contribution in [0.3, 0.4) is 0 Å². The van der Waals surface area contributed by atoms with Crippen LogP contribution in [0.5, 0.6) is 11.5 Å². The Kier molecular flexibility index (Phi) is 4.64. The van der Waals surface area contributed by atoms with Gasteiger partial charge in [-0.3, -0.25) is 4.79 Å². The average Bonchev–Trinajstić information content (AvgIpc) is 2.24. The third-order valence-electron chi connectivity index (χ3n) is 1.98. The summed E-state index contributed by atoms with van der Waals surface area (Å²) in [5, 5.41) is 0. The van der Waals surface area contributed by atoms with Crippen molar-refractivity contribution >= 4 is 11.7 Å². The molecule has 0 heterocycles. The van der Waals surface area contributed by atoms with E-state index in [1.807, 2.05) is 13.8 Å². The van der Waals surface area contributed by atoms with Gasteiger partial charge in [-0.15, -0.1) is 0 Å². The van der Waals surface area contributed by atoms with E-state index >= 15 is 0 Å². The van der Waals surface area contributed by atoms with Gasteiger partial charge in [-0.1, -0.05) is 13.0 Å².